The van der Waals surface area contributed by atoms with Crippen LogP contribution in [0.5, 0.6) is 0 Å². The Bertz CT molecular complexity index is 531. The molecule has 0 aromatic carbocycles. The maximum absolute atomic E-state index is 11.8. The van der Waals surface area contributed by atoms with Gasteiger partial charge in [-0.15, -0.1) is 11.3 Å². The highest BCUT2D eigenvalue weighted by molar-refractivity contribution is 7.13. The van der Waals surface area contributed by atoms with E-state index in [1.165, 1.54) is 11.3 Å². The second-order valence-corrected chi connectivity index (χ2v) is 6.52. The Balaban J connectivity index is 1.74. The van der Waals surface area contributed by atoms with E-state index in [0.29, 0.717) is 17.9 Å². The molecule has 2 rings (SSSR count). The van der Waals surface area contributed by atoms with E-state index in [1.807, 2.05) is 13.0 Å². The van der Waals surface area contributed by atoms with Gasteiger partial charge < -0.3 is 20.5 Å². The van der Waals surface area contributed by atoms with E-state index >= 15 is 0 Å². The summed E-state index contributed by atoms with van der Waals surface area (Å²) in [6.07, 6.45) is 0.191. The zero-order valence-electron chi connectivity index (χ0n) is 12.1. The first-order valence-electron chi connectivity index (χ1n) is 6.86. The number of carbonyl (C=O) groups excluding carboxylic acids is 2. The molecule has 1 aromatic rings. The summed E-state index contributed by atoms with van der Waals surface area (Å²) < 4.78 is 5.29. The Morgan fingerprint density at radius 1 is 1.48 bits per heavy atom. The van der Waals surface area contributed by atoms with Crippen molar-refractivity contribution in [3.63, 3.8) is 0 Å². The topological polar surface area (TPSA) is 87.7 Å². The molecule has 21 heavy (non-hydrogen) atoms. The first-order chi connectivity index (χ1) is 9.90. The molecule has 2 heterocycles. The molecule has 0 bridgehead atoms. The molecule has 1 aliphatic rings. The van der Waals surface area contributed by atoms with Crippen molar-refractivity contribution in [3.05, 3.63) is 21.9 Å². The summed E-state index contributed by atoms with van der Waals surface area (Å²) in [7, 11) is 0. The van der Waals surface area contributed by atoms with Gasteiger partial charge in [-0.05, 0) is 26.0 Å². The summed E-state index contributed by atoms with van der Waals surface area (Å²) in [5, 5.41) is 15.4. The summed E-state index contributed by atoms with van der Waals surface area (Å²) in [5.41, 5.74) is -1.02. The molecule has 0 radical (unpaired) electrons. The number of amides is 2. The monoisotopic (exact) mass is 312 g/mol. The average molecular weight is 312 g/mol. The third kappa shape index (κ3) is 4.03. The number of aryl methyl sites for hydroxylation is 1. The molecule has 1 fully saturated rings. The molecule has 0 aliphatic carbocycles. The van der Waals surface area contributed by atoms with E-state index in [-0.39, 0.29) is 31.0 Å². The highest BCUT2D eigenvalue weighted by Gasteiger charge is 2.39. The van der Waals surface area contributed by atoms with Gasteiger partial charge in [-0.1, -0.05) is 0 Å². The van der Waals surface area contributed by atoms with Crippen molar-refractivity contribution in [2.75, 3.05) is 19.7 Å². The van der Waals surface area contributed by atoms with Crippen LogP contribution in [0.4, 0.5) is 0 Å². The maximum Gasteiger partial charge on any atom is 0.261 e. The van der Waals surface area contributed by atoms with Crippen LogP contribution in [0, 0.1) is 6.92 Å². The lowest BCUT2D eigenvalue weighted by Gasteiger charge is -2.26. The number of thiophene rings is 1. The van der Waals surface area contributed by atoms with Gasteiger partial charge in [0.25, 0.3) is 5.91 Å². The SMILES string of the molecule is Cc1ccc(C(=O)NCC(=O)NCC2(O)CCOC2C)s1. The van der Waals surface area contributed by atoms with Gasteiger partial charge in [0.1, 0.15) is 5.60 Å². The molecule has 1 aromatic heterocycles. The van der Waals surface area contributed by atoms with E-state index < -0.39 is 5.60 Å². The predicted molar refractivity (Wildman–Crippen MR) is 79.4 cm³/mol. The van der Waals surface area contributed by atoms with Crippen molar-refractivity contribution < 1.29 is 19.4 Å². The third-order valence-electron chi connectivity index (χ3n) is 3.62. The standard InChI is InChI=1S/C14H20N2O4S/c1-9-3-4-11(21-9)13(18)15-7-12(17)16-8-14(19)5-6-20-10(14)2/h3-4,10,19H,5-8H2,1-2H3,(H,15,18)(H,16,17). The fourth-order valence-corrected chi connectivity index (χ4v) is 2.91. The first kappa shape index (κ1) is 15.9. The lowest BCUT2D eigenvalue weighted by Crippen LogP contribution is -2.49. The van der Waals surface area contributed by atoms with Crippen molar-refractivity contribution >= 4 is 23.2 Å². The molecular weight excluding hydrogens is 292 g/mol. The minimum Gasteiger partial charge on any atom is -0.385 e. The second kappa shape index (κ2) is 6.55. The Morgan fingerprint density at radius 3 is 2.81 bits per heavy atom. The molecular formula is C14H20N2O4S. The number of nitrogens with one attached hydrogen (secondary N) is 2. The van der Waals surface area contributed by atoms with Gasteiger partial charge >= 0.3 is 0 Å². The van der Waals surface area contributed by atoms with Crippen molar-refractivity contribution in [1.29, 1.82) is 0 Å². The van der Waals surface area contributed by atoms with E-state index in [2.05, 4.69) is 10.6 Å². The quantitative estimate of drug-likeness (QED) is 0.736. The molecule has 6 nitrogen and oxygen atoms in total. The van der Waals surface area contributed by atoms with E-state index in [9.17, 15) is 14.7 Å². The highest BCUT2D eigenvalue weighted by Crippen LogP contribution is 2.24. The Morgan fingerprint density at radius 2 is 2.24 bits per heavy atom. The van der Waals surface area contributed by atoms with Crippen molar-refractivity contribution in [3.8, 4) is 0 Å². The highest BCUT2D eigenvalue weighted by atomic mass is 32.1. The summed E-state index contributed by atoms with van der Waals surface area (Å²) in [6.45, 7) is 4.20. The normalized spacial score (nSPS) is 24.8. The van der Waals surface area contributed by atoms with Gasteiger partial charge in [-0.2, -0.15) is 0 Å². The van der Waals surface area contributed by atoms with Crippen LogP contribution < -0.4 is 10.6 Å². The average Bonchev–Trinajstić information content (AvgIpc) is 3.01. The minimum absolute atomic E-state index is 0.110. The second-order valence-electron chi connectivity index (χ2n) is 5.24. The summed E-state index contributed by atoms with van der Waals surface area (Å²) in [6, 6.07) is 3.59. The number of carbonyl (C=O) groups is 2. The van der Waals surface area contributed by atoms with Gasteiger partial charge in [-0.25, -0.2) is 0 Å². The molecule has 0 saturated carbocycles. The Hall–Kier alpha value is -1.44. The van der Waals surface area contributed by atoms with E-state index in [4.69, 9.17) is 4.74 Å². The first-order valence-corrected chi connectivity index (χ1v) is 7.68. The van der Waals surface area contributed by atoms with Crippen LogP contribution in [0.2, 0.25) is 0 Å². The van der Waals surface area contributed by atoms with Crippen LogP contribution in [-0.4, -0.2) is 48.3 Å². The lowest BCUT2D eigenvalue weighted by atomic mass is 9.97. The van der Waals surface area contributed by atoms with Crippen LogP contribution in [0.1, 0.15) is 27.9 Å². The van der Waals surface area contributed by atoms with Gasteiger partial charge in [0.05, 0.1) is 17.5 Å². The smallest absolute Gasteiger partial charge is 0.261 e. The molecule has 1 aliphatic heterocycles. The summed E-state index contributed by atoms with van der Waals surface area (Å²) in [5.74, 6) is -0.594. The Labute approximate surface area is 127 Å². The largest absolute Gasteiger partial charge is 0.385 e. The third-order valence-corrected chi connectivity index (χ3v) is 4.62. The zero-order chi connectivity index (χ0) is 15.5. The summed E-state index contributed by atoms with van der Waals surface area (Å²) >= 11 is 1.38. The van der Waals surface area contributed by atoms with Crippen molar-refractivity contribution in [2.45, 2.75) is 32.0 Å². The van der Waals surface area contributed by atoms with Crippen molar-refractivity contribution in [2.24, 2.45) is 0 Å². The maximum atomic E-state index is 11.8. The molecule has 2 unspecified atom stereocenters. The van der Waals surface area contributed by atoms with Gasteiger partial charge in [-0.3, -0.25) is 9.59 Å². The van der Waals surface area contributed by atoms with Crippen LogP contribution in [0.15, 0.2) is 12.1 Å². The van der Waals surface area contributed by atoms with Gasteiger partial charge in [0, 0.05) is 24.4 Å². The van der Waals surface area contributed by atoms with Crippen LogP contribution >= 0.6 is 11.3 Å². The number of hydrogen-bond acceptors (Lipinski definition) is 5. The molecule has 2 amide bonds. The van der Waals surface area contributed by atoms with Crippen LogP contribution in [0.25, 0.3) is 0 Å². The number of rotatable bonds is 5. The Kier molecular flexibility index (Phi) is 4.97. The molecule has 2 atom stereocenters. The predicted octanol–water partition coefficient (Wildman–Crippen LogP) is 0.442. The molecule has 3 N–H and O–H groups in total. The van der Waals surface area contributed by atoms with Crippen LogP contribution in [-0.2, 0) is 9.53 Å². The van der Waals surface area contributed by atoms with E-state index in [1.54, 1.807) is 13.0 Å². The van der Waals surface area contributed by atoms with Crippen LogP contribution in [0.3, 0.4) is 0 Å². The minimum atomic E-state index is -1.02. The fourth-order valence-electron chi connectivity index (χ4n) is 2.12. The molecule has 116 valence electrons. The molecule has 0 spiro atoms. The zero-order valence-corrected chi connectivity index (χ0v) is 13.0. The van der Waals surface area contributed by atoms with Gasteiger partial charge in [0.2, 0.25) is 5.91 Å². The lowest BCUT2D eigenvalue weighted by molar-refractivity contribution is -0.122. The molecule has 7 heteroatoms. The van der Waals surface area contributed by atoms with Gasteiger partial charge in [0.15, 0.2) is 0 Å². The van der Waals surface area contributed by atoms with E-state index in [0.717, 1.165) is 4.88 Å². The van der Waals surface area contributed by atoms with Crippen molar-refractivity contribution in [1.82, 2.24) is 10.6 Å². The number of hydrogen-bond donors (Lipinski definition) is 3. The fraction of sp³-hybridized carbons (Fsp3) is 0.571. The summed E-state index contributed by atoms with van der Waals surface area (Å²) in [4.78, 5) is 25.1. The molecule has 1 saturated heterocycles. The number of aliphatic hydroxyl groups is 1. The number of ether oxygens (including phenoxy) is 1.